The standard InChI is InChI=1S/C30H47N5O7Si/c1-30(2,3)42-28(37)33-24-11-9-10-14-34(29(38)40-5)18-21-17-22(31-27(36)39-4)12-13-23(21)25-19-35(26(24)32-25)20-41-15-16-43(6,7)8/h12-13,17,19,24H,9-11,14-16,18,20H2,1-8H3,(H,31,36)(H,33,37)/t24-/m0/s1. The van der Waals surface area contributed by atoms with Crippen LogP contribution in [0.25, 0.3) is 11.3 Å². The van der Waals surface area contributed by atoms with Crippen LogP contribution in [0.2, 0.25) is 25.7 Å². The van der Waals surface area contributed by atoms with E-state index in [0.29, 0.717) is 49.6 Å². The zero-order valence-electron chi connectivity index (χ0n) is 26.7. The summed E-state index contributed by atoms with van der Waals surface area (Å²) in [7, 11) is 1.36. The summed E-state index contributed by atoms with van der Waals surface area (Å²) in [5.74, 6) is 0.655. The number of nitrogens with one attached hydrogen (secondary N) is 2. The zero-order valence-corrected chi connectivity index (χ0v) is 27.7. The van der Waals surface area contributed by atoms with E-state index in [-0.39, 0.29) is 13.3 Å². The van der Waals surface area contributed by atoms with Gasteiger partial charge in [-0.25, -0.2) is 19.4 Å². The number of alkyl carbamates (subject to hydrolysis) is 1. The molecule has 13 heteroatoms. The highest BCUT2D eigenvalue weighted by Gasteiger charge is 2.27. The van der Waals surface area contributed by atoms with Gasteiger partial charge in [-0.15, -0.1) is 0 Å². The normalized spacial score (nSPS) is 15.8. The molecule has 3 rings (SSSR count). The summed E-state index contributed by atoms with van der Waals surface area (Å²) in [6, 6.07) is 5.96. The highest BCUT2D eigenvalue weighted by molar-refractivity contribution is 6.76. The lowest BCUT2D eigenvalue weighted by Crippen LogP contribution is -2.36. The Morgan fingerprint density at radius 1 is 1.07 bits per heavy atom. The molecular formula is C30H47N5O7Si. The molecule has 238 valence electrons. The number of nitrogens with zero attached hydrogens (tertiary/aromatic N) is 3. The van der Waals surface area contributed by atoms with E-state index in [2.05, 4.69) is 30.3 Å². The Kier molecular flexibility index (Phi) is 11.6. The summed E-state index contributed by atoms with van der Waals surface area (Å²) in [5.41, 5.74) is 2.02. The number of hydrogen-bond donors (Lipinski definition) is 2. The first-order chi connectivity index (χ1) is 20.2. The van der Waals surface area contributed by atoms with Crippen LogP contribution in [0, 0.1) is 0 Å². The van der Waals surface area contributed by atoms with Crippen LogP contribution in [0.15, 0.2) is 24.4 Å². The van der Waals surface area contributed by atoms with Gasteiger partial charge in [0.25, 0.3) is 0 Å². The van der Waals surface area contributed by atoms with Crippen molar-refractivity contribution in [1.29, 1.82) is 0 Å². The first-order valence-corrected chi connectivity index (χ1v) is 18.4. The van der Waals surface area contributed by atoms with E-state index in [4.69, 9.17) is 23.9 Å². The summed E-state index contributed by atoms with van der Waals surface area (Å²) >= 11 is 0. The molecule has 0 saturated heterocycles. The van der Waals surface area contributed by atoms with Crippen molar-refractivity contribution in [3.05, 3.63) is 35.8 Å². The number of imidazole rings is 1. The minimum absolute atomic E-state index is 0.243. The first kappa shape index (κ1) is 33.9. The number of carbonyl (C=O) groups excluding carboxylic acids is 3. The van der Waals surface area contributed by atoms with Crippen LogP contribution in [-0.4, -0.2) is 73.8 Å². The molecule has 2 bridgehead atoms. The highest BCUT2D eigenvalue weighted by atomic mass is 28.3. The van der Waals surface area contributed by atoms with Gasteiger partial charge in [0.1, 0.15) is 18.2 Å². The topological polar surface area (TPSA) is 133 Å². The van der Waals surface area contributed by atoms with E-state index in [1.54, 1.807) is 17.0 Å². The molecule has 2 aromatic rings. The molecular weight excluding hydrogens is 570 g/mol. The van der Waals surface area contributed by atoms with E-state index in [9.17, 15) is 14.4 Å². The SMILES string of the molecule is COC(=O)Nc1ccc2c(c1)CN(C(=O)OC)CCCC[C@H](NC(=O)OC(C)(C)C)c1nc-2cn1COCC[Si](C)(C)C. The van der Waals surface area contributed by atoms with Gasteiger partial charge in [-0.05, 0) is 63.8 Å². The molecule has 1 aromatic carbocycles. The van der Waals surface area contributed by atoms with Gasteiger partial charge in [0.15, 0.2) is 0 Å². The highest BCUT2D eigenvalue weighted by Crippen LogP contribution is 2.31. The number of fused-ring (bicyclic) bond motifs is 4. The number of methoxy groups -OCH3 is 2. The van der Waals surface area contributed by atoms with Gasteiger partial charge in [0.05, 0.1) is 26.0 Å². The molecule has 0 saturated carbocycles. The van der Waals surface area contributed by atoms with Crippen molar-refractivity contribution in [3.63, 3.8) is 0 Å². The molecule has 0 aliphatic carbocycles. The van der Waals surface area contributed by atoms with Gasteiger partial charge in [-0.3, -0.25) is 5.32 Å². The second-order valence-corrected chi connectivity index (χ2v) is 18.5. The van der Waals surface area contributed by atoms with Crippen LogP contribution in [0.4, 0.5) is 20.1 Å². The van der Waals surface area contributed by atoms with Gasteiger partial charge in [0.2, 0.25) is 0 Å². The van der Waals surface area contributed by atoms with Crippen molar-refractivity contribution in [2.75, 3.05) is 32.7 Å². The molecule has 3 amide bonds. The predicted octanol–water partition coefficient (Wildman–Crippen LogP) is 6.36. The Morgan fingerprint density at radius 3 is 2.47 bits per heavy atom. The molecule has 0 unspecified atom stereocenters. The largest absolute Gasteiger partial charge is 0.453 e. The van der Waals surface area contributed by atoms with Gasteiger partial charge < -0.3 is 33.7 Å². The van der Waals surface area contributed by atoms with Crippen LogP contribution in [0.3, 0.4) is 0 Å². The maximum atomic E-state index is 12.9. The van der Waals surface area contributed by atoms with Crippen LogP contribution < -0.4 is 10.6 Å². The lowest BCUT2D eigenvalue weighted by molar-refractivity contribution is 0.0487. The summed E-state index contributed by atoms with van der Waals surface area (Å²) in [6.07, 6.45) is 2.25. The maximum Gasteiger partial charge on any atom is 0.411 e. The molecule has 1 aliphatic heterocycles. The molecule has 12 nitrogen and oxygen atoms in total. The fourth-order valence-electron chi connectivity index (χ4n) is 4.64. The number of aromatic nitrogens is 2. The van der Waals surface area contributed by atoms with Crippen LogP contribution in [0.1, 0.15) is 57.5 Å². The van der Waals surface area contributed by atoms with Crippen molar-refractivity contribution in [3.8, 4) is 11.3 Å². The Labute approximate surface area is 255 Å². The minimum Gasteiger partial charge on any atom is -0.453 e. The van der Waals surface area contributed by atoms with Gasteiger partial charge >= 0.3 is 18.3 Å². The smallest absolute Gasteiger partial charge is 0.411 e. The fraction of sp³-hybridized carbons (Fsp3) is 0.600. The molecule has 0 fully saturated rings. The van der Waals surface area contributed by atoms with E-state index >= 15 is 0 Å². The van der Waals surface area contributed by atoms with Crippen molar-refractivity contribution in [2.24, 2.45) is 0 Å². The number of hydrogen-bond acceptors (Lipinski definition) is 8. The van der Waals surface area contributed by atoms with Gasteiger partial charge in [-0.2, -0.15) is 0 Å². The Bertz CT molecular complexity index is 1270. The number of carbonyl (C=O) groups is 3. The number of anilines is 1. The van der Waals surface area contributed by atoms with E-state index < -0.39 is 38.0 Å². The van der Waals surface area contributed by atoms with E-state index in [1.807, 2.05) is 37.6 Å². The molecule has 2 N–H and O–H groups in total. The summed E-state index contributed by atoms with van der Waals surface area (Å²) < 4.78 is 23.5. The summed E-state index contributed by atoms with van der Waals surface area (Å²) in [4.78, 5) is 44.2. The lowest BCUT2D eigenvalue weighted by Gasteiger charge is -2.25. The molecule has 1 aromatic heterocycles. The third kappa shape index (κ3) is 10.6. The molecule has 1 atom stereocenters. The van der Waals surface area contributed by atoms with Crippen LogP contribution >= 0.6 is 0 Å². The average molecular weight is 618 g/mol. The molecule has 0 radical (unpaired) electrons. The third-order valence-corrected chi connectivity index (χ3v) is 8.52. The van der Waals surface area contributed by atoms with Crippen molar-refractivity contribution in [2.45, 2.75) is 90.6 Å². The summed E-state index contributed by atoms with van der Waals surface area (Å²) in [6.45, 7) is 13.9. The number of benzene rings is 1. The molecule has 0 spiro atoms. The average Bonchev–Trinajstić information content (AvgIpc) is 3.33. The molecule has 2 heterocycles. The van der Waals surface area contributed by atoms with Crippen molar-refractivity contribution < 1.29 is 33.3 Å². The quantitative estimate of drug-likeness (QED) is 0.208. The first-order valence-electron chi connectivity index (χ1n) is 14.6. The molecule has 1 aliphatic rings. The minimum atomic E-state index is -1.29. The summed E-state index contributed by atoms with van der Waals surface area (Å²) in [5, 5.41) is 5.72. The monoisotopic (exact) mass is 617 g/mol. The zero-order chi connectivity index (χ0) is 31.8. The number of rotatable bonds is 7. The van der Waals surface area contributed by atoms with E-state index in [1.165, 1.54) is 14.2 Å². The number of amides is 3. The Balaban J connectivity index is 2.09. The predicted molar refractivity (Wildman–Crippen MR) is 167 cm³/mol. The third-order valence-electron chi connectivity index (χ3n) is 6.81. The lowest BCUT2D eigenvalue weighted by atomic mass is 10.0. The molecule has 43 heavy (non-hydrogen) atoms. The van der Waals surface area contributed by atoms with E-state index in [0.717, 1.165) is 17.2 Å². The van der Waals surface area contributed by atoms with Crippen LogP contribution in [0.5, 0.6) is 0 Å². The second-order valence-electron chi connectivity index (χ2n) is 12.9. The van der Waals surface area contributed by atoms with Gasteiger partial charge in [-0.1, -0.05) is 25.7 Å². The van der Waals surface area contributed by atoms with Crippen molar-refractivity contribution >= 4 is 32.0 Å². The number of ether oxygens (including phenoxy) is 4. The van der Waals surface area contributed by atoms with Gasteiger partial charge in [0, 0.05) is 45.2 Å². The fourth-order valence-corrected chi connectivity index (χ4v) is 5.40. The second kappa shape index (κ2) is 14.7. The van der Waals surface area contributed by atoms with Crippen LogP contribution in [-0.2, 0) is 32.2 Å². The maximum absolute atomic E-state index is 12.9. The Morgan fingerprint density at radius 2 is 1.81 bits per heavy atom. The Hall–Kier alpha value is -3.58. The van der Waals surface area contributed by atoms with Crippen molar-refractivity contribution in [1.82, 2.24) is 19.8 Å².